The molecule has 1 saturated carbocycles. The van der Waals surface area contributed by atoms with Gasteiger partial charge in [-0.25, -0.2) is 0 Å². The summed E-state index contributed by atoms with van der Waals surface area (Å²) in [4.78, 5) is 0. The van der Waals surface area contributed by atoms with E-state index in [1.807, 2.05) is 0 Å². The van der Waals surface area contributed by atoms with Gasteiger partial charge < -0.3 is 5.73 Å². The second-order valence-electron chi connectivity index (χ2n) is 4.86. The molecular formula is C12H25N. The molecule has 0 saturated heterocycles. The van der Waals surface area contributed by atoms with E-state index in [1.165, 1.54) is 32.1 Å². The van der Waals surface area contributed by atoms with E-state index in [9.17, 15) is 0 Å². The number of rotatable bonds is 3. The van der Waals surface area contributed by atoms with E-state index in [0.29, 0.717) is 6.04 Å². The molecule has 1 nitrogen and oxygen atoms in total. The van der Waals surface area contributed by atoms with Crippen molar-refractivity contribution in [2.45, 2.75) is 58.9 Å². The molecule has 0 aromatic carbocycles. The molecule has 0 radical (unpaired) electrons. The second-order valence-corrected chi connectivity index (χ2v) is 4.86. The standard InChI is InChI=1S/C12H25N/c1-4-9(2)10(3)11-7-5-6-8-12(11)13/h9-12H,4-8,13H2,1-3H3. The Balaban J connectivity index is 2.47. The maximum absolute atomic E-state index is 6.17. The Labute approximate surface area is 83.1 Å². The lowest BCUT2D eigenvalue weighted by Crippen LogP contribution is -2.38. The van der Waals surface area contributed by atoms with Gasteiger partial charge in [0.2, 0.25) is 0 Å². The van der Waals surface area contributed by atoms with E-state index in [1.54, 1.807) is 0 Å². The van der Waals surface area contributed by atoms with Crippen LogP contribution < -0.4 is 5.73 Å². The van der Waals surface area contributed by atoms with E-state index < -0.39 is 0 Å². The molecule has 0 heterocycles. The molecule has 1 aliphatic carbocycles. The fourth-order valence-corrected chi connectivity index (χ4v) is 2.63. The zero-order chi connectivity index (χ0) is 9.84. The highest BCUT2D eigenvalue weighted by molar-refractivity contribution is 4.83. The van der Waals surface area contributed by atoms with Crippen LogP contribution in [0, 0.1) is 17.8 Å². The van der Waals surface area contributed by atoms with Crippen molar-refractivity contribution < 1.29 is 0 Å². The van der Waals surface area contributed by atoms with Crippen LogP contribution in [-0.4, -0.2) is 6.04 Å². The average molecular weight is 183 g/mol. The van der Waals surface area contributed by atoms with Crippen molar-refractivity contribution >= 4 is 0 Å². The van der Waals surface area contributed by atoms with Crippen molar-refractivity contribution in [2.75, 3.05) is 0 Å². The highest BCUT2D eigenvalue weighted by Gasteiger charge is 2.28. The van der Waals surface area contributed by atoms with E-state index in [-0.39, 0.29) is 0 Å². The Kier molecular flexibility index (Phi) is 4.24. The van der Waals surface area contributed by atoms with Crippen LogP contribution in [0.2, 0.25) is 0 Å². The molecule has 4 unspecified atom stereocenters. The summed E-state index contributed by atoms with van der Waals surface area (Å²) >= 11 is 0. The van der Waals surface area contributed by atoms with Gasteiger partial charge in [-0.15, -0.1) is 0 Å². The third-order valence-corrected chi connectivity index (χ3v) is 4.09. The Morgan fingerprint density at radius 2 is 1.85 bits per heavy atom. The largest absolute Gasteiger partial charge is 0.327 e. The molecule has 0 amide bonds. The molecular weight excluding hydrogens is 158 g/mol. The monoisotopic (exact) mass is 183 g/mol. The minimum Gasteiger partial charge on any atom is -0.327 e. The number of hydrogen-bond donors (Lipinski definition) is 1. The van der Waals surface area contributed by atoms with Crippen LogP contribution in [0.15, 0.2) is 0 Å². The Bertz CT molecular complexity index is 144. The fourth-order valence-electron chi connectivity index (χ4n) is 2.63. The van der Waals surface area contributed by atoms with Crippen molar-refractivity contribution in [1.29, 1.82) is 0 Å². The number of hydrogen-bond acceptors (Lipinski definition) is 1. The summed E-state index contributed by atoms with van der Waals surface area (Å²) in [5, 5.41) is 0. The van der Waals surface area contributed by atoms with Gasteiger partial charge in [0.25, 0.3) is 0 Å². The van der Waals surface area contributed by atoms with Gasteiger partial charge in [0.05, 0.1) is 0 Å². The van der Waals surface area contributed by atoms with Crippen LogP contribution in [0.25, 0.3) is 0 Å². The molecule has 78 valence electrons. The van der Waals surface area contributed by atoms with Gasteiger partial charge in [-0.1, -0.05) is 40.0 Å². The molecule has 0 spiro atoms. The van der Waals surface area contributed by atoms with Crippen molar-refractivity contribution in [3.63, 3.8) is 0 Å². The molecule has 2 N–H and O–H groups in total. The molecule has 1 aliphatic rings. The maximum atomic E-state index is 6.17. The normalized spacial score (nSPS) is 34.2. The molecule has 0 aromatic heterocycles. The third kappa shape index (κ3) is 2.70. The average Bonchev–Trinajstić information content (AvgIpc) is 2.16. The summed E-state index contributed by atoms with van der Waals surface area (Å²) in [6.07, 6.45) is 6.67. The predicted octanol–water partition coefficient (Wildman–Crippen LogP) is 3.19. The first kappa shape index (κ1) is 11.0. The smallest absolute Gasteiger partial charge is 0.00698 e. The van der Waals surface area contributed by atoms with Crippen LogP contribution in [0.5, 0.6) is 0 Å². The fraction of sp³-hybridized carbons (Fsp3) is 1.00. The van der Waals surface area contributed by atoms with Crippen LogP contribution in [0.1, 0.15) is 52.9 Å². The van der Waals surface area contributed by atoms with Gasteiger partial charge in [0.1, 0.15) is 0 Å². The lowest BCUT2D eigenvalue weighted by Gasteiger charge is -2.36. The summed E-state index contributed by atoms with van der Waals surface area (Å²) in [5.41, 5.74) is 6.17. The van der Waals surface area contributed by atoms with Crippen LogP contribution >= 0.6 is 0 Å². The van der Waals surface area contributed by atoms with E-state index in [4.69, 9.17) is 5.73 Å². The van der Waals surface area contributed by atoms with Crippen LogP contribution in [0.3, 0.4) is 0 Å². The van der Waals surface area contributed by atoms with Gasteiger partial charge >= 0.3 is 0 Å². The van der Waals surface area contributed by atoms with Gasteiger partial charge in [-0.05, 0) is 30.6 Å². The predicted molar refractivity (Wildman–Crippen MR) is 58.6 cm³/mol. The van der Waals surface area contributed by atoms with Crippen molar-refractivity contribution in [2.24, 2.45) is 23.5 Å². The van der Waals surface area contributed by atoms with Crippen LogP contribution in [0.4, 0.5) is 0 Å². The SMILES string of the molecule is CCC(C)C(C)C1CCCCC1N. The third-order valence-electron chi connectivity index (χ3n) is 4.09. The molecule has 13 heavy (non-hydrogen) atoms. The summed E-state index contributed by atoms with van der Waals surface area (Å²) in [5.74, 6) is 2.46. The highest BCUT2D eigenvalue weighted by atomic mass is 14.7. The summed E-state index contributed by atoms with van der Waals surface area (Å²) < 4.78 is 0. The summed E-state index contributed by atoms with van der Waals surface area (Å²) in [6.45, 7) is 7.05. The number of nitrogens with two attached hydrogens (primary N) is 1. The maximum Gasteiger partial charge on any atom is 0.00698 e. The summed E-state index contributed by atoms with van der Waals surface area (Å²) in [6, 6.07) is 0.484. The highest BCUT2D eigenvalue weighted by Crippen LogP contribution is 2.33. The summed E-state index contributed by atoms with van der Waals surface area (Å²) in [7, 11) is 0. The van der Waals surface area contributed by atoms with Gasteiger partial charge in [0.15, 0.2) is 0 Å². The van der Waals surface area contributed by atoms with Crippen LogP contribution in [-0.2, 0) is 0 Å². The molecule has 0 aliphatic heterocycles. The molecule has 4 atom stereocenters. The Hall–Kier alpha value is -0.0400. The first-order valence-corrected chi connectivity index (χ1v) is 5.92. The lowest BCUT2D eigenvalue weighted by atomic mass is 9.72. The van der Waals surface area contributed by atoms with Gasteiger partial charge in [-0.3, -0.25) is 0 Å². The Morgan fingerprint density at radius 1 is 1.23 bits per heavy atom. The molecule has 1 heteroatoms. The zero-order valence-electron chi connectivity index (χ0n) is 9.42. The zero-order valence-corrected chi connectivity index (χ0v) is 9.42. The van der Waals surface area contributed by atoms with Crippen molar-refractivity contribution in [3.8, 4) is 0 Å². The molecule has 1 rings (SSSR count). The first-order valence-electron chi connectivity index (χ1n) is 5.92. The first-order chi connectivity index (χ1) is 6.16. The van der Waals surface area contributed by atoms with E-state index >= 15 is 0 Å². The molecule has 0 aromatic rings. The lowest BCUT2D eigenvalue weighted by molar-refractivity contribution is 0.175. The van der Waals surface area contributed by atoms with Gasteiger partial charge in [0, 0.05) is 6.04 Å². The quantitative estimate of drug-likeness (QED) is 0.714. The minimum absolute atomic E-state index is 0.484. The molecule has 1 fully saturated rings. The van der Waals surface area contributed by atoms with E-state index in [0.717, 1.165) is 17.8 Å². The molecule has 0 bridgehead atoms. The minimum atomic E-state index is 0.484. The Morgan fingerprint density at radius 3 is 2.38 bits per heavy atom. The van der Waals surface area contributed by atoms with Crippen molar-refractivity contribution in [3.05, 3.63) is 0 Å². The van der Waals surface area contributed by atoms with Crippen molar-refractivity contribution in [1.82, 2.24) is 0 Å². The van der Waals surface area contributed by atoms with Gasteiger partial charge in [-0.2, -0.15) is 0 Å². The second kappa shape index (κ2) is 4.99. The topological polar surface area (TPSA) is 26.0 Å². The van der Waals surface area contributed by atoms with E-state index in [2.05, 4.69) is 20.8 Å².